The predicted octanol–water partition coefficient (Wildman–Crippen LogP) is 4.31. The largest absolute Gasteiger partial charge is 0.377 e. The summed E-state index contributed by atoms with van der Waals surface area (Å²) in [5.74, 6) is -0.615. The summed E-state index contributed by atoms with van der Waals surface area (Å²) in [4.78, 5) is 12.1. The maximum atomic E-state index is 12.1. The van der Waals surface area contributed by atoms with E-state index in [-0.39, 0.29) is 11.2 Å². The highest BCUT2D eigenvalue weighted by molar-refractivity contribution is 9.10. The molecule has 1 amide bonds. The second-order valence-electron chi connectivity index (χ2n) is 6.61. The molecule has 0 bridgehead atoms. The van der Waals surface area contributed by atoms with Crippen LogP contribution in [0.1, 0.15) is 25.0 Å². The van der Waals surface area contributed by atoms with E-state index in [9.17, 15) is 4.79 Å². The van der Waals surface area contributed by atoms with Crippen molar-refractivity contribution in [1.82, 2.24) is 5.32 Å². The normalized spacial score (nSPS) is 17.7. The van der Waals surface area contributed by atoms with Gasteiger partial charge in [0.1, 0.15) is 0 Å². The van der Waals surface area contributed by atoms with E-state index in [1.165, 1.54) is 0 Å². The number of carbonyl (C=O) groups excluding carboxylic acids is 1. The van der Waals surface area contributed by atoms with Crippen molar-refractivity contribution in [1.29, 1.82) is 0 Å². The number of nitrogens with one attached hydrogen (secondary N) is 1. The third-order valence-electron chi connectivity index (χ3n) is 3.94. The van der Waals surface area contributed by atoms with Crippen LogP contribution < -0.4 is 11.1 Å². The number of primary amides is 1. The zero-order valence-corrected chi connectivity index (χ0v) is 15.7. The Hall–Kier alpha value is -2.47. The highest BCUT2D eigenvalue weighted by Crippen LogP contribution is 2.32. The summed E-state index contributed by atoms with van der Waals surface area (Å²) in [6.07, 6.45) is 0.850. The molecule has 6 heteroatoms. The first kappa shape index (κ1) is 17.4. The van der Waals surface area contributed by atoms with Gasteiger partial charge in [0, 0.05) is 15.6 Å². The Morgan fingerprint density at radius 2 is 1.84 bits per heavy atom. The van der Waals surface area contributed by atoms with Gasteiger partial charge in [-0.2, -0.15) is 5.11 Å². The van der Waals surface area contributed by atoms with Crippen molar-refractivity contribution in [2.75, 3.05) is 0 Å². The Morgan fingerprint density at radius 3 is 2.52 bits per heavy atom. The van der Waals surface area contributed by atoms with Gasteiger partial charge >= 0.3 is 0 Å². The lowest BCUT2D eigenvalue weighted by atomic mass is 9.85. The van der Waals surface area contributed by atoms with E-state index in [2.05, 4.69) is 51.4 Å². The van der Waals surface area contributed by atoms with Crippen molar-refractivity contribution in [2.24, 2.45) is 16.0 Å². The van der Waals surface area contributed by atoms with Crippen LogP contribution in [-0.2, 0) is 11.2 Å². The van der Waals surface area contributed by atoms with Crippen molar-refractivity contribution in [3.63, 3.8) is 0 Å². The van der Waals surface area contributed by atoms with Crippen molar-refractivity contribution in [2.45, 2.75) is 25.8 Å². The molecule has 0 radical (unpaired) electrons. The summed E-state index contributed by atoms with van der Waals surface area (Å²) in [5, 5.41) is 11.7. The molecule has 1 heterocycles. The molecule has 3 rings (SSSR count). The van der Waals surface area contributed by atoms with Crippen LogP contribution in [0.4, 0.5) is 5.69 Å². The van der Waals surface area contributed by atoms with Gasteiger partial charge in [-0.05, 0) is 50.1 Å². The molecule has 0 aromatic heterocycles. The monoisotopic (exact) mass is 398 g/mol. The van der Waals surface area contributed by atoms with Crippen molar-refractivity contribution >= 4 is 33.2 Å². The van der Waals surface area contributed by atoms with Crippen LogP contribution in [0.15, 0.2) is 68.9 Å². The van der Waals surface area contributed by atoms with Gasteiger partial charge in [0.25, 0.3) is 5.91 Å². The number of hydrogen-bond donors (Lipinski definition) is 2. The molecule has 1 aliphatic rings. The number of azo groups is 1. The second kappa shape index (κ2) is 6.80. The lowest BCUT2D eigenvalue weighted by Crippen LogP contribution is -2.44. The van der Waals surface area contributed by atoms with Gasteiger partial charge in [-0.25, -0.2) is 0 Å². The van der Waals surface area contributed by atoms with Crippen LogP contribution in [0, 0.1) is 0 Å². The smallest absolute Gasteiger partial charge is 0.271 e. The van der Waals surface area contributed by atoms with Gasteiger partial charge < -0.3 is 11.1 Å². The molecule has 0 spiro atoms. The molecule has 0 saturated carbocycles. The average Bonchev–Trinajstić information content (AvgIpc) is 2.55. The van der Waals surface area contributed by atoms with Gasteiger partial charge in [0.2, 0.25) is 0 Å². The summed E-state index contributed by atoms with van der Waals surface area (Å²) in [5.41, 5.74) is 8.88. The number of amides is 1. The van der Waals surface area contributed by atoms with Crippen molar-refractivity contribution in [3.8, 4) is 0 Å². The highest BCUT2D eigenvalue weighted by atomic mass is 79.9. The average molecular weight is 399 g/mol. The fourth-order valence-corrected chi connectivity index (χ4v) is 3.13. The minimum atomic E-state index is -0.615. The van der Waals surface area contributed by atoms with Crippen LogP contribution in [0.25, 0.3) is 5.70 Å². The quantitative estimate of drug-likeness (QED) is 0.596. The van der Waals surface area contributed by atoms with Gasteiger partial charge in [-0.1, -0.05) is 40.2 Å². The maximum absolute atomic E-state index is 12.1. The lowest BCUT2D eigenvalue weighted by molar-refractivity contribution is -0.114. The van der Waals surface area contributed by atoms with Crippen LogP contribution in [0.5, 0.6) is 0 Å². The summed E-state index contributed by atoms with van der Waals surface area (Å²) < 4.78 is 0.949. The Kier molecular flexibility index (Phi) is 4.72. The molecule has 2 aromatic carbocycles. The van der Waals surface area contributed by atoms with E-state index in [1.807, 2.05) is 42.5 Å². The molecule has 0 saturated heterocycles. The molecular weight excluding hydrogens is 380 g/mol. The van der Waals surface area contributed by atoms with E-state index < -0.39 is 5.91 Å². The number of fused-ring (bicyclic) bond motifs is 1. The van der Waals surface area contributed by atoms with Crippen LogP contribution in [0.2, 0.25) is 0 Å². The van der Waals surface area contributed by atoms with E-state index in [1.54, 1.807) is 0 Å². The summed E-state index contributed by atoms with van der Waals surface area (Å²) >= 11 is 3.38. The Bertz CT molecular complexity index is 869. The number of halogens is 1. The first-order valence-electron chi connectivity index (χ1n) is 7.93. The molecule has 0 unspecified atom stereocenters. The molecule has 2 aromatic rings. The van der Waals surface area contributed by atoms with E-state index in [4.69, 9.17) is 5.73 Å². The van der Waals surface area contributed by atoms with Crippen molar-refractivity contribution in [3.05, 3.63) is 69.8 Å². The predicted molar refractivity (Wildman–Crippen MR) is 102 cm³/mol. The van der Waals surface area contributed by atoms with Crippen LogP contribution in [0.3, 0.4) is 0 Å². The standard InChI is InChI=1S/C19H19BrN4O/c1-19(2)11-12-5-3-4-6-15(12)16(22-19)17(18(21)25)24-23-14-9-7-13(20)8-10-14/h3-10,22H,11H2,1-2H3,(H2,21,25)/b17-16-,24-23+. The van der Waals surface area contributed by atoms with E-state index in [0.29, 0.717) is 11.4 Å². The van der Waals surface area contributed by atoms with Crippen LogP contribution in [-0.4, -0.2) is 11.4 Å². The maximum Gasteiger partial charge on any atom is 0.271 e. The Morgan fingerprint density at radius 1 is 1.16 bits per heavy atom. The summed E-state index contributed by atoms with van der Waals surface area (Å²) in [6.45, 7) is 4.15. The minimum Gasteiger partial charge on any atom is -0.377 e. The number of hydrogen-bond acceptors (Lipinski definition) is 4. The number of nitrogens with zero attached hydrogens (tertiary/aromatic N) is 2. The third kappa shape index (κ3) is 3.96. The zero-order chi connectivity index (χ0) is 18.0. The summed E-state index contributed by atoms with van der Waals surface area (Å²) in [6, 6.07) is 15.3. The highest BCUT2D eigenvalue weighted by Gasteiger charge is 2.30. The Labute approximate surface area is 155 Å². The molecule has 1 aliphatic heterocycles. The van der Waals surface area contributed by atoms with Crippen molar-refractivity contribution < 1.29 is 4.79 Å². The molecule has 3 N–H and O–H groups in total. The van der Waals surface area contributed by atoms with E-state index >= 15 is 0 Å². The zero-order valence-electron chi connectivity index (χ0n) is 14.1. The number of rotatable bonds is 3. The molecule has 5 nitrogen and oxygen atoms in total. The number of nitrogens with two attached hydrogens (primary N) is 1. The molecule has 0 fully saturated rings. The number of benzene rings is 2. The van der Waals surface area contributed by atoms with Gasteiger partial charge in [-0.3, -0.25) is 4.79 Å². The first-order chi connectivity index (χ1) is 11.9. The molecule has 128 valence electrons. The van der Waals surface area contributed by atoms with Gasteiger partial charge in [0.05, 0.1) is 11.4 Å². The Balaban J connectivity index is 2.09. The molecule has 25 heavy (non-hydrogen) atoms. The molecule has 0 aliphatic carbocycles. The summed E-state index contributed by atoms with van der Waals surface area (Å²) in [7, 11) is 0. The minimum absolute atomic E-state index is 0.128. The topological polar surface area (TPSA) is 79.8 Å². The fourth-order valence-electron chi connectivity index (χ4n) is 2.87. The number of carbonyl (C=O) groups is 1. The second-order valence-corrected chi connectivity index (χ2v) is 7.52. The van der Waals surface area contributed by atoms with E-state index in [0.717, 1.165) is 22.0 Å². The fraction of sp³-hybridized carbons (Fsp3) is 0.211. The first-order valence-corrected chi connectivity index (χ1v) is 8.73. The van der Waals surface area contributed by atoms with Gasteiger partial charge in [0.15, 0.2) is 5.70 Å². The van der Waals surface area contributed by atoms with Crippen LogP contribution >= 0.6 is 15.9 Å². The lowest BCUT2D eigenvalue weighted by Gasteiger charge is -2.35. The third-order valence-corrected chi connectivity index (χ3v) is 4.47. The van der Waals surface area contributed by atoms with Gasteiger partial charge in [-0.15, -0.1) is 5.11 Å². The SMILES string of the molecule is CC1(C)Cc2ccccc2/C(=C(/N=N/c2ccc(Br)cc2)C(N)=O)N1. The molecular formula is C19H19BrN4O. The molecule has 0 atom stereocenters.